The fourth-order valence-corrected chi connectivity index (χ4v) is 3.30. The van der Waals surface area contributed by atoms with E-state index in [2.05, 4.69) is 70.0 Å². The Kier molecular flexibility index (Phi) is 11.2. The summed E-state index contributed by atoms with van der Waals surface area (Å²) in [7, 11) is 1.76. The summed E-state index contributed by atoms with van der Waals surface area (Å²) in [5.41, 5.74) is -0.0442. The largest absolute Gasteiger partial charge is 0.443 e. The summed E-state index contributed by atoms with van der Waals surface area (Å²) in [4.78, 5) is 8.60. The quantitative estimate of drug-likeness (QED) is 0.161. The molecule has 0 atom stereocenters. The van der Waals surface area contributed by atoms with E-state index in [1.54, 1.807) is 25.0 Å². The molecule has 0 radical (unpaired) electrons. The molecule has 30 heavy (non-hydrogen) atoms. The Labute approximate surface area is 201 Å². The number of hydrogen-bond acceptors (Lipinski definition) is 6. The van der Waals surface area contributed by atoms with Crippen molar-refractivity contribution in [1.29, 1.82) is 0 Å². The van der Waals surface area contributed by atoms with Crippen LogP contribution in [0.4, 0.5) is 0 Å². The Hall–Kier alpha value is -1.30. The first-order valence-corrected chi connectivity index (χ1v) is 11.3. The summed E-state index contributed by atoms with van der Waals surface area (Å²) in [6.07, 6.45) is 5.65. The number of aryl methyl sites for hydroxylation is 1. The average Bonchev–Trinajstić information content (AvgIpc) is 3.28. The van der Waals surface area contributed by atoms with Gasteiger partial charge in [-0.15, -0.1) is 34.2 Å². The number of thioether (sulfide) groups is 1. The Morgan fingerprint density at radius 2 is 2.00 bits per heavy atom. The maximum atomic E-state index is 5.81. The van der Waals surface area contributed by atoms with E-state index in [9.17, 15) is 0 Å². The maximum absolute atomic E-state index is 5.81. The van der Waals surface area contributed by atoms with Gasteiger partial charge in [0.15, 0.2) is 11.1 Å². The van der Waals surface area contributed by atoms with Gasteiger partial charge in [-0.05, 0) is 18.6 Å². The normalized spacial score (nSPS) is 12.2. The lowest BCUT2D eigenvalue weighted by atomic mass is 9.94. The lowest BCUT2D eigenvalue weighted by molar-refractivity contribution is 0.379. The van der Waals surface area contributed by atoms with Gasteiger partial charge in [-0.2, -0.15) is 0 Å². The van der Waals surface area contributed by atoms with Crippen molar-refractivity contribution < 1.29 is 4.42 Å². The van der Waals surface area contributed by atoms with E-state index < -0.39 is 0 Å². The molecule has 8 nitrogen and oxygen atoms in total. The van der Waals surface area contributed by atoms with E-state index in [-0.39, 0.29) is 29.4 Å². The molecule has 0 aromatic carbocycles. The third-order valence-corrected chi connectivity index (χ3v) is 4.98. The van der Waals surface area contributed by atoms with Gasteiger partial charge in [0.05, 0.1) is 12.7 Å². The zero-order valence-corrected chi connectivity index (χ0v) is 22.3. The topological polar surface area (TPSA) is 93.2 Å². The van der Waals surface area contributed by atoms with Crippen LogP contribution in [0.3, 0.4) is 0 Å². The van der Waals surface area contributed by atoms with Crippen LogP contribution in [0, 0.1) is 5.92 Å². The summed E-state index contributed by atoms with van der Waals surface area (Å²) in [5.74, 6) is 3.87. The number of guanidine groups is 1. The third-order valence-electron chi connectivity index (χ3n) is 4.32. The average molecular weight is 550 g/mol. The first-order chi connectivity index (χ1) is 13.7. The van der Waals surface area contributed by atoms with Gasteiger partial charge in [0, 0.05) is 32.0 Å². The van der Waals surface area contributed by atoms with Gasteiger partial charge < -0.3 is 19.6 Å². The Bertz CT molecular complexity index is 795. The molecule has 170 valence electrons. The van der Waals surface area contributed by atoms with Crippen LogP contribution < -0.4 is 10.6 Å². The van der Waals surface area contributed by atoms with E-state index in [1.807, 2.05) is 6.26 Å². The van der Waals surface area contributed by atoms with Crippen LogP contribution in [-0.2, 0) is 24.9 Å². The minimum atomic E-state index is -0.0442. The molecule has 0 bridgehead atoms. The van der Waals surface area contributed by atoms with Gasteiger partial charge in [-0.3, -0.25) is 4.99 Å². The van der Waals surface area contributed by atoms with Gasteiger partial charge >= 0.3 is 0 Å². The molecule has 0 unspecified atom stereocenters. The van der Waals surface area contributed by atoms with Crippen LogP contribution in [0.2, 0.25) is 0 Å². The van der Waals surface area contributed by atoms with Crippen molar-refractivity contribution in [2.75, 3.05) is 19.8 Å². The monoisotopic (exact) mass is 549 g/mol. The first-order valence-electron chi connectivity index (χ1n) is 10.1. The van der Waals surface area contributed by atoms with Crippen LogP contribution in [0.1, 0.15) is 58.5 Å². The molecule has 2 rings (SSSR count). The van der Waals surface area contributed by atoms with Crippen molar-refractivity contribution in [2.45, 2.75) is 71.1 Å². The zero-order valence-electron chi connectivity index (χ0n) is 19.2. The smallest absolute Gasteiger partial charge is 0.213 e. The van der Waals surface area contributed by atoms with E-state index in [0.717, 1.165) is 48.6 Å². The van der Waals surface area contributed by atoms with Crippen molar-refractivity contribution >= 4 is 41.7 Å². The van der Waals surface area contributed by atoms with E-state index in [4.69, 9.17) is 4.42 Å². The minimum Gasteiger partial charge on any atom is -0.443 e. The predicted molar refractivity (Wildman–Crippen MR) is 134 cm³/mol. The fourth-order valence-electron chi connectivity index (χ4n) is 2.78. The second kappa shape index (κ2) is 12.5. The maximum Gasteiger partial charge on any atom is 0.213 e. The number of nitrogens with one attached hydrogen (secondary N) is 2. The van der Waals surface area contributed by atoms with Crippen LogP contribution in [-0.4, -0.2) is 45.6 Å². The molecule has 10 heteroatoms. The number of rotatable bonds is 9. The number of aromatic nitrogens is 4. The van der Waals surface area contributed by atoms with Crippen LogP contribution in [0.25, 0.3) is 0 Å². The SMILES string of the molecule is CN=C(NCCCc1nnc(SC)n1CC(C)C)NCc1ncc(C(C)(C)C)o1.I. The lowest BCUT2D eigenvalue weighted by Crippen LogP contribution is -2.37. The molecular weight excluding hydrogens is 513 g/mol. The van der Waals surface area contributed by atoms with Crippen molar-refractivity contribution in [2.24, 2.45) is 10.9 Å². The molecule has 0 saturated carbocycles. The third kappa shape index (κ3) is 8.09. The zero-order chi connectivity index (χ0) is 21.4. The Morgan fingerprint density at radius 1 is 1.27 bits per heavy atom. The van der Waals surface area contributed by atoms with E-state index in [1.165, 1.54) is 0 Å². The van der Waals surface area contributed by atoms with Gasteiger partial charge in [-0.1, -0.05) is 46.4 Å². The summed E-state index contributed by atoms with van der Waals surface area (Å²) in [6, 6.07) is 0. The summed E-state index contributed by atoms with van der Waals surface area (Å²) in [6.45, 7) is 13.0. The van der Waals surface area contributed by atoms with E-state index >= 15 is 0 Å². The number of halogens is 1. The Balaban J connectivity index is 0.00000450. The number of hydrogen-bond donors (Lipinski definition) is 2. The van der Waals surface area contributed by atoms with Gasteiger partial charge in [0.2, 0.25) is 5.89 Å². The standard InChI is InChI=1S/C20H35N7OS.HI/c1-14(2)13-27-16(25-26-19(27)29-7)9-8-10-22-18(21-6)24-12-17-23-11-15(28-17)20(3,4)5;/h11,14H,8-10,12-13H2,1-7H3,(H2,21,22,24);1H. The van der Waals surface area contributed by atoms with Crippen LogP contribution in [0.5, 0.6) is 0 Å². The molecule has 0 aliphatic carbocycles. The van der Waals surface area contributed by atoms with Gasteiger partial charge in [0.1, 0.15) is 11.6 Å². The Morgan fingerprint density at radius 3 is 2.57 bits per heavy atom. The highest BCUT2D eigenvalue weighted by atomic mass is 127. The molecule has 0 amide bonds. The molecule has 2 aromatic heterocycles. The molecule has 2 aromatic rings. The van der Waals surface area contributed by atoms with Crippen molar-refractivity contribution in [3.63, 3.8) is 0 Å². The highest BCUT2D eigenvalue weighted by Gasteiger charge is 2.19. The lowest BCUT2D eigenvalue weighted by Gasteiger charge is -2.14. The summed E-state index contributed by atoms with van der Waals surface area (Å²) < 4.78 is 8.04. The first kappa shape index (κ1) is 26.7. The van der Waals surface area contributed by atoms with Gasteiger partial charge in [-0.25, -0.2) is 4.98 Å². The van der Waals surface area contributed by atoms with Crippen molar-refractivity contribution in [3.05, 3.63) is 23.7 Å². The molecule has 0 saturated heterocycles. The molecule has 2 N–H and O–H groups in total. The number of aliphatic imine (C=N–C) groups is 1. The van der Waals surface area contributed by atoms with Crippen LogP contribution >= 0.6 is 35.7 Å². The summed E-state index contributed by atoms with van der Waals surface area (Å²) in [5, 5.41) is 16.2. The molecule has 2 heterocycles. The molecule has 0 fully saturated rings. The molecule has 0 aliphatic rings. The highest BCUT2D eigenvalue weighted by molar-refractivity contribution is 14.0. The second-order valence-electron chi connectivity index (χ2n) is 8.43. The van der Waals surface area contributed by atoms with E-state index in [0.29, 0.717) is 18.4 Å². The second-order valence-corrected chi connectivity index (χ2v) is 9.21. The highest BCUT2D eigenvalue weighted by Crippen LogP contribution is 2.22. The van der Waals surface area contributed by atoms with Crippen molar-refractivity contribution in [3.8, 4) is 0 Å². The molecular formula is C20H36IN7OS. The van der Waals surface area contributed by atoms with Crippen molar-refractivity contribution in [1.82, 2.24) is 30.4 Å². The predicted octanol–water partition coefficient (Wildman–Crippen LogP) is 3.86. The fraction of sp³-hybridized carbons (Fsp3) is 0.700. The number of oxazole rings is 1. The molecule has 0 aliphatic heterocycles. The van der Waals surface area contributed by atoms with Crippen LogP contribution in [0.15, 0.2) is 20.8 Å². The minimum absolute atomic E-state index is 0. The summed E-state index contributed by atoms with van der Waals surface area (Å²) >= 11 is 1.64. The molecule has 0 spiro atoms. The van der Waals surface area contributed by atoms with Gasteiger partial charge in [0.25, 0.3) is 0 Å². The number of nitrogens with zero attached hydrogens (tertiary/aromatic N) is 5.